The molecule has 2 unspecified atom stereocenters. The molecule has 21 heavy (non-hydrogen) atoms. The Labute approximate surface area is 138 Å². The maximum atomic E-state index is 6.33. The normalized spacial score (nSPS) is 21.1. The maximum absolute atomic E-state index is 6.33. The fourth-order valence-electron chi connectivity index (χ4n) is 2.99. The summed E-state index contributed by atoms with van der Waals surface area (Å²) < 4.78 is 0. The quantitative estimate of drug-likeness (QED) is 0.819. The van der Waals surface area contributed by atoms with Crippen LogP contribution in [0.25, 0.3) is 0 Å². The summed E-state index contributed by atoms with van der Waals surface area (Å²) in [5.41, 5.74) is 1.18. The molecular weight excluding hydrogens is 303 g/mol. The molecule has 1 aromatic carbocycles. The van der Waals surface area contributed by atoms with E-state index < -0.39 is 0 Å². The van der Waals surface area contributed by atoms with Gasteiger partial charge in [0.2, 0.25) is 0 Å². The molecule has 118 valence electrons. The molecule has 1 heterocycles. The van der Waals surface area contributed by atoms with Crippen molar-refractivity contribution in [3.8, 4) is 0 Å². The summed E-state index contributed by atoms with van der Waals surface area (Å²) in [6.45, 7) is 11.3. The Bertz CT molecular complexity index is 462. The number of halogens is 2. The van der Waals surface area contributed by atoms with Gasteiger partial charge in [0.15, 0.2) is 0 Å². The van der Waals surface area contributed by atoms with Crippen molar-refractivity contribution in [2.75, 3.05) is 26.2 Å². The Kier molecular flexibility index (Phi) is 6.36. The molecule has 0 saturated carbocycles. The topological polar surface area (TPSA) is 15.3 Å². The van der Waals surface area contributed by atoms with Gasteiger partial charge in [-0.15, -0.1) is 0 Å². The molecule has 1 aliphatic heterocycles. The third kappa shape index (κ3) is 4.85. The van der Waals surface area contributed by atoms with E-state index in [1.807, 2.05) is 12.1 Å². The predicted octanol–water partition coefficient (Wildman–Crippen LogP) is 4.62. The first-order valence-corrected chi connectivity index (χ1v) is 8.62. The Hall–Kier alpha value is -0.280. The van der Waals surface area contributed by atoms with Crippen LogP contribution in [-0.4, -0.2) is 31.1 Å². The standard InChI is InChI=1S/C17H26Cl2N2/c1-12(2)9-20-10-14-6-7-21(11-14)13(3)16-5-4-15(18)8-17(16)19/h4-5,8,12-14,20H,6-7,9-11H2,1-3H3. The molecule has 0 bridgehead atoms. The fourth-order valence-corrected chi connectivity index (χ4v) is 3.56. The van der Waals surface area contributed by atoms with E-state index in [9.17, 15) is 0 Å². The van der Waals surface area contributed by atoms with Crippen molar-refractivity contribution < 1.29 is 0 Å². The van der Waals surface area contributed by atoms with Gasteiger partial charge in [0.25, 0.3) is 0 Å². The van der Waals surface area contributed by atoms with Crippen LogP contribution >= 0.6 is 23.2 Å². The minimum absolute atomic E-state index is 0.352. The predicted molar refractivity (Wildman–Crippen MR) is 92.3 cm³/mol. The lowest BCUT2D eigenvalue weighted by Crippen LogP contribution is -2.30. The van der Waals surface area contributed by atoms with Crippen molar-refractivity contribution in [3.63, 3.8) is 0 Å². The number of likely N-dealkylation sites (tertiary alicyclic amines) is 1. The Morgan fingerprint density at radius 1 is 1.29 bits per heavy atom. The van der Waals surface area contributed by atoms with Crippen LogP contribution in [0, 0.1) is 11.8 Å². The lowest BCUT2D eigenvalue weighted by atomic mass is 10.1. The van der Waals surface area contributed by atoms with Gasteiger partial charge < -0.3 is 5.32 Å². The SMILES string of the molecule is CC(C)CNCC1CCN(C(C)c2ccc(Cl)cc2Cl)C1. The van der Waals surface area contributed by atoms with E-state index in [2.05, 4.69) is 37.1 Å². The fraction of sp³-hybridized carbons (Fsp3) is 0.647. The maximum Gasteiger partial charge on any atom is 0.0468 e. The summed E-state index contributed by atoms with van der Waals surface area (Å²) in [6.07, 6.45) is 1.26. The molecule has 2 nitrogen and oxygen atoms in total. The van der Waals surface area contributed by atoms with Gasteiger partial charge in [0.1, 0.15) is 0 Å². The van der Waals surface area contributed by atoms with Gasteiger partial charge in [0.05, 0.1) is 0 Å². The monoisotopic (exact) mass is 328 g/mol. The van der Waals surface area contributed by atoms with Gasteiger partial charge in [-0.1, -0.05) is 43.1 Å². The van der Waals surface area contributed by atoms with Crippen molar-refractivity contribution in [1.29, 1.82) is 0 Å². The first-order chi connectivity index (χ1) is 9.97. The number of rotatable bonds is 6. The summed E-state index contributed by atoms with van der Waals surface area (Å²) in [4.78, 5) is 2.52. The molecule has 1 fully saturated rings. The average Bonchev–Trinajstić information content (AvgIpc) is 2.86. The Morgan fingerprint density at radius 2 is 2.05 bits per heavy atom. The highest BCUT2D eigenvalue weighted by molar-refractivity contribution is 6.35. The van der Waals surface area contributed by atoms with Crippen LogP contribution in [0.1, 0.15) is 38.8 Å². The molecule has 0 spiro atoms. The van der Waals surface area contributed by atoms with Gasteiger partial charge in [-0.3, -0.25) is 4.90 Å². The molecule has 1 saturated heterocycles. The molecule has 0 aliphatic carbocycles. The van der Waals surface area contributed by atoms with E-state index in [0.29, 0.717) is 17.0 Å². The van der Waals surface area contributed by atoms with Gasteiger partial charge in [-0.2, -0.15) is 0 Å². The first kappa shape index (κ1) is 17.1. The highest BCUT2D eigenvalue weighted by Gasteiger charge is 2.27. The zero-order valence-electron chi connectivity index (χ0n) is 13.2. The Balaban J connectivity index is 1.88. The van der Waals surface area contributed by atoms with Crippen molar-refractivity contribution in [1.82, 2.24) is 10.2 Å². The molecule has 1 aliphatic rings. The second-order valence-electron chi connectivity index (χ2n) is 6.54. The summed E-state index contributed by atoms with van der Waals surface area (Å²) in [5.74, 6) is 1.46. The summed E-state index contributed by atoms with van der Waals surface area (Å²) >= 11 is 12.3. The third-order valence-electron chi connectivity index (χ3n) is 4.26. The van der Waals surface area contributed by atoms with E-state index in [1.54, 1.807) is 0 Å². The number of nitrogens with one attached hydrogen (secondary N) is 1. The molecule has 4 heteroatoms. The minimum Gasteiger partial charge on any atom is -0.316 e. The molecule has 2 rings (SSSR count). The molecule has 0 aromatic heterocycles. The van der Waals surface area contributed by atoms with Crippen molar-refractivity contribution >= 4 is 23.2 Å². The minimum atomic E-state index is 0.352. The molecule has 1 aromatic rings. The lowest BCUT2D eigenvalue weighted by Gasteiger charge is -2.25. The second-order valence-corrected chi connectivity index (χ2v) is 7.39. The molecular formula is C17H26Cl2N2. The van der Waals surface area contributed by atoms with Crippen LogP contribution in [0.2, 0.25) is 10.0 Å². The molecule has 0 amide bonds. The number of hydrogen-bond donors (Lipinski definition) is 1. The zero-order chi connectivity index (χ0) is 15.4. The molecule has 2 atom stereocenters. The number of benzene rings is 1. The zero-order valence-corrected chi connectivity index (χ0v) is 14.7. The summed E-state index contributed by atoms with van der Waals surface area (Å²) in [6, 6.07) is 6.17. The van der Waals surface area contributed by atoms with Gasteiger partial charge in [0, 0.05) is 22.6 Å². The largest absolute Gasteiger partial charge is 0.316 e. The highest BCUT2D eigenvalue weighted by Crippen LogP contribution is 2.32. The smallest absolute Gasteiger partial charge is 0.0468 e. The molecule has 0 radical (unpaired) electrons. The highest BCUT2D eigenvalue weighted by atomic mass is 35.5. The number of nitrogens with zero attached hydrogens (tertiary/aromatic N) is 1. The Morgan fingerprint density at radius 3 is 2.71 bits per heavy atom. The van der Waals surface area contributed by atoms with Crippen molar-refractivity contribution in [2.24, 2.45) is 11.8 Å². The van der Waals surface area contributed by atoms with Crippen LogP contribution < -0.4 is 5.32 Å². The van der Waals surface area contributed by atoms with Crippen LogP contribution in [-0.2, 0) is 0 Å². The van der Waals surface area contributed by atoms with Gasteiger partial charge in [-0.25, -0.2) is 0 Å². The van der Waals surface area contributed by atoms with Crippen molar-refractivity contribution in [3.05, 3.63) is 33.8 Å². The van der Waals surface area contributed by atoms with Crippen LogP contribution in [0.4, 0.5) is 0 Å². The van der Waals surface area contributed by atoms with Gasteiger partial charge >= 0.3 is 0 Å². The number of hydrogen-bond acceptors (Lipinski definition) is 2. The second kappa shape index (κ2) is 7.82. The van der Waals surface area contributed by atoms with E-state index in [0.717, 1.165) is 37.1 Å². The van der Waals surface area contributed by atoms with E-state index in [4.69, 9.17) is 23.2 Å². The van der Waals surface area contributed by atoms with E-state index in [-0.39, 0.29) is 0 Å². The molecule has 1 N–H and O–H groups in total. The van der Waals surface area contributed by atoms with E-state index >= 15 is 0 Å². The summed E-state index contributed by atoms with van der Waals surface area (Å²) in [7, 11) is 0. The average molecular weight is 329 g/mol. The van der Waals surface area contributed by atoms with Crippen LogP contribution in [0.15, 0.2) is 18.2 Å². The van der Waals surface area contributed by atoms with Crippen molar-refractivity contribution in [2.45, 2.75) is 33.2 Å². The first-order valence-electron chi connectivity index (χ1n) is 7.87. The lowest BCUT2D eigenvalue weighted by molar-refractivity contribution is 0.251. The summed E-state index contributed by atoms with van der Waals surface area (Å²) in [5, 5.41) is 5.05. The van der Waals surface area contributed by atoms with Crippen LogP contribution in [0.3, 0.4) is 0 Å². The van der Waals surface area contributed by atoms with Crippen LogP contribution in [0.5, 0.6) is 0 Å². The third-order valence-corrected chi connectivity index (χ3v) is 4.83. The van der Waals surface area contributed by atoms with Gasteiger partial charge in [-0.05, 0) is 62.5 Å². The van der Waals surface area contributed by atoms with E-state index in [1.165, 1.54) is 12.0 Å².